The van der Waals surface area contributed by atoms with Crippen LogP contribution in [0.5, 0.6) is 0 Å². The molecule has 8 heteroatoms. The third-order valence-electron chi connectivity index (χ3n) is 5.65. The van der Waals surface area contributed by atoms with Crippen LogP contribution in [-0.2, 0) is 14.3 Å². The van der Waals surface area contributed by atoms with Crippen LogP contribution >= 0.6 is 23.4 Å². The number of amides is 1. The second-order valence-electron chi connectivity index (χ2n) is 7.86. The first-order chi connectivity index (χ1) is 16.9. The Balaban J connectivity index is 1.59. The van der Waals surface area contributed by atoms with Gasteiger partial charge in [-0.05, 0) is 41.5 Å². The zero-order valence-corrected chi connectivity index (χ0v) is 20.7. The minimum atomic E-state index is -0.714. The van der Waals surface area contributed by atoms with Crippen LogP contribution < -0.4 is 10.6 Å². The number of ether oxygens (including phenoxy) is 1. The van der Waals surface area contributed by atoms with Crippen LogP contribution in [0.25, 0.3) is 10.8 Å². The maximum Gasteiger partial charge on any atom is 0.336 e. The number of methoxy groups -OCH3 is 1. The van der Waals surface area contributed by atoms with Crippen molar-refractivity contribution in [2.75, 3.05) is 18.2 Å². The maximum absolute atomic E-state index is 12.7. The second kappa shape index (κ2) is 10.7. The normalized spacial score (nSPS) is 15.4. The van der Waals surface area contributed by atoms with Crippen LogP contribution in [0, 0.1) is 11.3 Å². The van der Waals surface area contributed by atoms with E-state index in [0.29, 0.717) is 38.1 Å². The van der Waals surface area contributed by atoms with E-state index < -0.39 is 11.9 Å². The van der Waals surface area contributed by atoms with E-state index in [1.807, 2.05) is 42.5 Å². The SMILES string of the molecule is COC(=O)C1=C(C)NC(SCC(=O)Nc2ccc3ccccc3c2)=C(C#N)[C@@H]1c1ccccc1Cl. The first-order valence-electron chi connectivity index (χ1n) is 10.8. The number of fused-ring (bicyclic) bond motifs is 1. The highest BCUT2D eigenvalue weighted by atomic mass is 35.5. The molecular formula is C27H22ClN3O3S. The van der Waals surface area contributed by atoms with Gasteiger partial charge in [0, 0.05) is 16.4 Å². The highest BCUT2D eigenvalue weighted by molar-refractivity contribution is 8.03. The first-order valence-corrected chi connectivity index (χ1v) is 12.2. The van der Waals surface area contributed by atoms with Gasteiger partial charge in [-0.3, -0.25) is 4.79 Å². The lowest BCUT2D eigenvalue weighted by atomic mass is 9.82. The number of carbonyl (C=O) groups is 2. The molecule has 0 radical (unpaired) electrons. The Morgan fingerprint density at radius 3 is 2.54 bits per heavy atom. The molecule has 176 valence electrons. The number of nitrogens with one attached hydrogen (secondary N) is 2. The number of allylic oxidation sites excluding steroid dienone is 2. The molecule has 6 nitrogen and oxygen atoms in total. The summed E-state index contributed by atoms with van der Waals surface area (Å²) in [6, 6.07) is 22.9. The lowest BCUT2D eigenvalue weighted by Gasteiger charge is -2.29. The van der Waals surface area contributed by atoms with Gasteiger partial charge in [-0.1, -0.05) is 71.9 Å². The fraction of sp³-hybridized carbons (Fsp3) is 0.148. The van der Waals surface area contributed by atoms with E-state index in [4.69, 9.17) is 16.3 Å². The van der Waals surface area contributed by atoms with Crippen LogP contribution in [0.15, 0.2) is 88.6 Å². The number of halogens is 1. The van der Waals surface area contributed by atoms with Gasteiger partial charge in [-0.2, -0.15) is 5.26 Å². The van der Waals surface area contributed by atoms with Gasteiger partial charge in [0.15, 0.2) is 0 Å². The Morgan fingerprint density at radius 2 is 1.83 bits per heavy atom. The third kappa shape index (κ3) is 5.19. The molecule has 4 rings (SSSR count). The van der Waals surface area contributed by atoms with E-state index in [1.54, 1.807) is 31.2 Å². The monoisotopic (exact) mass is 503 g/mol. The van der Waals surface area contributed by atoms with Gasteiger partial charge in [-0.25, -0.2) is 4.79 Å². The largest absolute Gasteiger partial charge is 0.466 e. The van der Waals surface area contributed by atoms with E-state index in [2.05, 4.69) is 16.7 Å². The average Bonchev–Trinajstić information content (AvgIpc) is 2.87. The van der Waals surface area contributed by atoms with Crippen LogP contribution in [0.1, 0.15) is 18.4 Å². The van der Waals surface area contributed by atoms with Crippen molar-refractivity contribution in [1.29, 1.82) is 5.26 Å². The standard InChI is InChI=1S/C27H22ClN3O3S/c1-16-24(27(33)34-2)25(20-9-5-6-10-22(20)28)21(14-29)26(30-16)35-15-23(32)31-19-12-11-17-7-3-4-8-18(17)13-19/h3-13,25,30H,15H2,1-2H3,(H,31,32)/t25-/m0/s1. The van der Waals surface area contributed by atoms with E-state index in [9.17, 15) is 14.9 Å². The molecule has 2 N–H and O–H groups in total. The zero-order valence-electron chi connectivity index (χ0n) is 19.1. The molecule has 0 fully saturated rings. The van der Waals surface area contributed by atoms with Crippen molar-refractivity contribution in [2.24, 2.45) is 0 Å². The van der Waals surface area contributed by atoms with Gasteiger partial charge in [0.2, 0.25) is 5.91 Å². The Labute approximate surface area is 212 Å². The van der Waals surface area contributed by atoms with Crippen LogP contribution in [0.4, 0.5) is 5.69 Å². The molecule has 35 heavy (non-hydrogen) atoms. The van der Waals surface area contributed by atoms with Crippen molar-refractivity contribution < 1.29 is 14.3 Å². The summed E-state index contributed by atoms with van der Waals surface area (Å²) in [5.41, 5.74) is 2.46. The van der Waals surface area contributed by atoms with Crippen molar-refractivity contribution in [1.82, 2.24) is 5.32 Å². The molecule has 0 unspecified atom stereocenters. The lowest BCUT2D eigenvalue weighted by Crippen LogP contribution is -2.29. The summed E-state index contributed by atoms with van der Waals surface area (Å²) in [4.78, 5) is 25.4. The number of nitriles is 1. The molecule has 0 bridgehead atoms. The molecule has 0 saturated heterocycles. The average molecular weight is 504 g/mol. The molecule has 0 saturated carbocycles. The molecule has 1 amide bonds. The van der Waals surface area contributed by atoms with Gasteiger partial charge in [0.05, 0.1) is 41.0 Å². The first kappa shape index (κ1) is 24.4. The Morgan fingerprint density at radius 1 is 1.11 bits per heavy atom. The van der Waals surface area contributed by atoms with Gasteiger partial charge in [0.1, 0.15) is 0 Å². The van der Waals surface area contributed by atoms with Crippen molar-refractivity contribution >= 4 is 51.7 Å². The van der Waals surface area contributed by atoms with E-state index in [-0.39, 0.29) is 11.7 Å². The van der Waals surface area contributed by atoms with Crippen LogP contribution in [-0.4, -0.2) is 24.7 Å². The number of nitrogens with zero attached hydrogens (tertiary/aromatic N) is 1. The van der Waals surface area contributed by atoms with Gasteiger partial charge >= 0.3 is 5.97 Å². The Hall–Kier alpha value is -3.73. The smallest absolute Gasteiger partial charge is 0.336 e. The van der Waals surface area contributed by atoms with Crippen molar-refractivity contribution in [3.8, 4) is 6.07 Å². The van der Waals surface area contributed by atoms with Crippen molar-refractivity contribution in [2.45, 2.75) is 12.8 Å². The number of dihydropyridines is 1. The molecule has 0 aromatic heterocycles. The predicted octanol–water partition coefficient (Wildman–Crippen LogP) is 5.73. The van der Waals surface area contributed by atoms with Crippen molar-refractivity contribution in [3.05, 3.63) is 99.2 Å². The number of thioether (sulfide) groups is 1. The zero-order chi connectivity index (χ0) is 24.9. The minimum Gasteiger partial charge on any atom is -0.466 e. The number of carbonyl (C=O) groups excluding carboxylic acids is 2. The summed E-state index contributed by atoms with van der Waals surface area (Å²) in [7, 11) is 1.30. The highest BCUT2D eigenvalue weighted by Crippen LogP contribution is 2.43. The number of rotatable bonds is 6. The van der Waals surface area contributed by atoms with Crippen LogP contribution in [0.3, 0.4) is 0 Å². The maximum atomic E-state index is 12.7. The molecule has 1 heterocycles. The summed E-state index contributed by atoms with van der Waals surface area (Å²) < 4.78 is 4.99. The minimum absolute atomic E-state index is 0.0659. The number of esters is 1. The molecule has 0 spiro atoms. The molecule has 0 aliphatic carbocycles. The Kier molecular flexibility index (Phi) is 7.45. The summed E-state index contributed by atoms with van der Waals surface area (Å²) in [5, 5.41) is 19.1. The predicted molar refractivity (Wildman–Crippen MR) is 140 cm³/mol. The lowest BCUT2D eigenvalue weighted by molar-refractivity contribution is -0.136. The number of hydrogen-bond acceptors (Lipinski definition) is 6. The summed E-state index contributed by atoms with van der Waals surface area (Å²) in [6.07, 6.45) is 0. The summed E-state index contributed by atoms with van der Waals surface area (Å²) >= 11 is 7.64. The van der Waals surface area contributed by atoms with Crippen LogP contribution in [0.2, 0.25) is 5.02 Å². The highest BCUT2D eigenvalue weighted by Gasteiger charge is 2.36. The van der Waals surface area contributed by atoms with E-state index >= 15 is 0 Å². The quantitative estimate of drug-likeness (QED) is 0.417. The number of hydrogen-bond donors (Lipinski definition) is 2. The molecule has 1 aliphatic rings. The van der Waals surface area contributed by atoms with E-state index in [0.717, 1.165) is 10.8 Å². The molecule has 1 atom stereocenters. The second-order valence-corrected chi connectivity index (χ2v) is 9.26. The fourth-order valence-electron chi connectivity index (χ4n) is 4.03. The topological polar surface area (TPSA) is 91.2 Å². The fourth-order valence-corrected chi connectivity index (χ4v) is 5.17. The molecule has 3 aromatic carbocycles. The van der Waals surface area contributed by atoms with Gasteiger partial charge < -0.3 is 15.4 Å². The van der Waals surface area contributed by atoms with Crippen molar-refractivity contribution in [3.63, 3.8) is 0 Å². The molecule has 3 aromatic rings. The number of anilines is 1. The molecular weight excluding hydrogens is 482 g/mol. The third-order valence-corrected chi connectivity index (χ3v) is 7.01. The van der Waals surface area contributed by atoms with Gasteiger partial charge in [-0.15, -0.1) is 0 Å². The van der Waals surface area contributed by atoms with Gasteiger partial charge in [0.25, 0.3) is 0 Å². The number of benzene rings is 3. The molecule has 1 aliphatic heterocycles. The summed E-state index contributed by atoms with van der Waals surface area (Å²) in [5.74, 6) is -1.41. The summed E-state index contributed by atoms with van der Waals surface area (Å²) in [6.45, 7) is 1.74. The Bertz CT molecular complexity index is 1420. The van der Waals surface area contributed by atoms with E-state index in [1.165, 1.54) is 18.9 Å².